The van der Waals surface area contributed by atoms with Crippen molar-refractivity contribution in [1.29, 1.82) is 0 Å². The van der Waals surface area contributed by atoms with Gasteiger partial charge in [-0.2, -0.15) is 0 Å². The fourth-order valence-electron chi connectivity index (χ4n) is 3.43. The largest absolute Gasteiger partial charge is 0.462 e. The molecule has 0 aliphatic carbocycles. The van der Waals surface area contributed by atoms with Crippen LogP contribution >= 0.6 is 11.3 Å². The molecular weight excluding hydrogens is 396 g/mol. The van der Waals surface area contributed by atoms with Gasteiger partial charge in [0.2, 0.25) is 0 Å². The number of thiophene rings is 1. The minimum atomic E-state index is -0.395. The third kappa shape index (κ3) is 3.74. The number of hydrogen-bond donors (Lipinski definition) is 1. The Kier molecular flexibility index (Phi) is 5.68. The first-order chi connectivity index (χ1) is 14.6. The molecule has 152 valence electrons. The molecule has 1 unspecified atom stereocenters. The van der Waals surface area contributed by atoms with Crippen molar-refractivity contribution >= 4 is 33.2 Å². The van der Waals surface area contributed by atoms with Gasteiger partial charge in [-0.3, -0.25) is 9.36 Å². The fraction of sp³-hybridized carbons (Fsp3) is 0.167. The Bertz CT molecular complexity index is 1230. The molecule has 0 bridgehead atoms. The number of para-hydroxylation sites is 1. The van der Waals surface area contributed by atoms with Crippen molar-refractivity contribution in [1.82, 2.24) is 4.57 Å². The second-order valence-corrected chi connectivity index (χ2v) is 7.86. The van der Waals surface area contributed by atoms with Crippen LogP contribution in [0, 0.1) is 0 Å². The van der Waals surface area contributed by atoms with E-state index in [4.69, 9.17) is 4.74 Å². The molecule has 0 amide bonds. The Morgan fingerprint density at radius 2 is 1.70 bits per heavy atom. The van der Waals surface area contributed by atoms with E-state index in [1.165, 1.54) is 17.4 Å². The Morgan fingerprint density at radius 3 is 2.37 bits per heavy atom. The molecule has 2 heterocycles. The summed E-state index contributed by atoms with van der Waals surface area (Å²) < 4.78 is 6.95. The van der Waals surface area contributed by atoms with E-state index >= 15 is 0 Å². The Morgan fingerprint density at radius 1 is 1.03 bits per heavy atom. The van der Waals surface area contributed by atoms with Crippen LogP contribution in [0.5, 0.6) is 0 Å². The number of fused-ring (bicyclic) bond motifs is 1. The Labute approximate surface area is 178 Å². The van der Waals surface area contributed by atoms with E-state index in [0.717, 1.165) is 16.6 Å². The lowest BCUT2D eigenvalue weighted by Gasteiger charge is -2.16. The summed E-state index contributed by atoms with van der Waals surface area (Å²) in [6.45, 7) is 4.11. The number of carbonyl (C=O) groups excluding carboxylic acids is 1. The lowest BCUT2D eigenvalue weighted by atomic mass is 10.1. The minimum absolute atomic E-state index is 0.0331. The molecule has 2 aromatic carbocycles. The van der Waals surface area contributed by atoms with Crippen LogP contribution in [0.2, 0.25) is 0 Å². The highest BCUT2D eigenvalue weighted by Gasteiger charge is 2.23. The zero-order valence-corrected chi connectivity index (χ0v) is 17.6. The minimum Gasteiger partial charge on any atom is -0.462 e. The van der Waals surface area contributed by atoms with Gasteiger partial charge in [0.1, 0.15) is 9.71 Å². The van der Waals surface area contributed by atoms with Crippen LogP contribution in [0.15, 0.2) is 77.6 Å². The molecule has 0 saturated carbocycles. The average molecular weight is 419 g/mol. The summed E-state index contributed by atoms with van der Waals surface area (Å²) in [5, 5.41) is 4.30. The molecule has 1 N–H and O–H groups in total. The van der Waals surface area contributed by atoms with Gasteiger partial charge in [-0.15, -0.1) is 11.3 Å². The topological polar surface area (TPSA) is 60.3 Å². The third-order valence-corrected chi connectivity index (χ3v) is 6.05. The summed E-state index contributed by atoms with van der Waals surface area (Å²) in [6.07, 6.45) is 0. The maximum atomic E-state index is 12.7. The van der Waals surface area contributed by atoms with Gasteiger partial charge < -0.3 is 10.1 Å². The molecule has 5 nitrogen and oxygen atoms in total. The molecule has 4 aromatic rings. The summed E-state index contributed by atoms with van der Waals surface area (Å²) in [6, 6.07) is 22.7. The summed E-state index contributed by atoms with van der Waals surface area (Å²) in [4.78, 5) is 26.6. The van der Waals surface area contributed by atoms with Gasteiger partial charge in [0.25, 0.3) is 5.56 Å². The van der Waals surface area contributed by atoms with E-state index < -0.39 is 5.97 Å². The number of pyridine rings is 1. The predicted octanol–water partition coefficient (Wildman–Crippen LogP) is 5.40. The standard InChI is InChI=1S/C24H22N2O3S/c1-3-29-24(28)22-21(25-16(2)17-10-6-4-7-11-17)19-14-15-20(27)26(23(19)30-22)18-12-8-5-9-13-18/h4-16,25H,3H2,1-2H3. The Balaban J connectivity index is 1.90. The highest BCUT2D eigenvalue weighted by atomic mass is 32.1. The van der Waals surface area contributed by atoms with E-state index in [1.54, 1.807) is 17.6 Å². The van der Waals surface area contributed by atoms with Crippen LogP contribution in [0.25, 0.3) is 15.9 Å². The normalized spacial score (nSPS) is 11.9. The van der Waals surface area contributed by atoms with Crippen LogP contribution in [0.1, 0.15) is 35.1 Å². The van der Waals surface area contributed by atoms with Gasteiger partial charge in [0.05, 0.1) is 18.0 Å². The van der Waals surface area contributed by atoms with Crippen molar-refractivity contribution in [2.24, 2.45) is 0 Å². The monoisotopic (exact) mass is 418 g/mol. The summed E-state index contributed by atoms with van der Waals surface area (Å²) in [7, 11) is 0. The van der Waals surface area contributed by atoms with Gasteiger partial charge in [0.15, 0.2) is 0 Å². The molecule has 0 saturated heterocycles. The molecule has 4 rings (SSSR count). The fourth-order valence-corrected chi connectivity index (χ4v) is 4.60. The van der Waals surface area contributed by atoms with E-state index in [9.17, 15) is 9.59 Å². The van der Waals surface area contributed by atoms with Crippen molar-refractivity contribution in [3.63, 3.8) is 0 Å². The molecule has 0 fully saturated rings. The maximum Gasteiger partial charge on any atom is 0.350 e. The SMILES string of the molecule is CCOC(=O)c1sc2c(ccc(=O)n2-c2ccccc2)c1NC(C)c1ccccc1. The van der Waals surface area contributed by atoms with E-state index in [1.807, 2.05) is 67.6 Å². The summed E-state index contributed by atoms with van der Waals surface area (Å²) in [5.74, 6) is -0.395. The number of hydrogen-bond acceptors (Lipinski definition) is 5. The number of nitrogens with zero attached hydrogens (tertiary/aromatic N) is 1. The number of nitrogens with one attached hydrogen (secondary N) is 1. The van der Waals surface area contributed by atoms with E-state index in [-0.39, 0.29) is 18.2 Å². The molecule has 1 atom stereocenters. The van der Waals surface area contributed by atoms with Gasteiger partial charge in [-0.05, 0) is 37.6 Å². The third-order valence-electron chi connectivity index (χ3n) is 4.88. The first kappa shape index (κ1) is 19.9. The van der Waals surface area contributed by atoms with Crippen molar-refractivity contribution in [3.8, 4) is 5.69 Å². The molecule has 30 heavy (non-hydrogen) atoms. The van der Waals surface area contributed by atoms with Crippen molar-refractivity contribution < 1.29 is 9.53 Å². The van der Waals surface area contributed by atoms with Crippen molar-refractivity contribution in [2.45, 2.75) is 19.9 Å². The first-order valence-electron chi connectivity index (χ1n) is 9.82. The molecule has 0 spiro atoms. The second kappa shape index (κ2) is 8.55. The lowest BCUT2D eigenvalue weighted by molar-refractivity contribution is 0.0533. The maximum absolute atomic E-state index is 12.7. The highest BCUT2D eigenvalue weighted by Crippen LogP contribution is 2.38. The zero-order valence-electron chi connectivity index (χ0n) is 16.8. The zero-order chi connectivity index (χ0) is 21.1. The number of aromatic nitrogens is 1. The van der Waals surface area contributed by atoms with Gasteiger partial charge in [-0.1, -0.05) is 48.5 Å². The van der Waals surface area contributed by atoms with Crippen molar-refractivity contribution in [3.05, 3.63) is 93.6 Å². The highest BCUT2D eigenvalue weighted by molar-refractivity contribution is 7.21. The van der Waals surface area contributed by atoms with Gasteiger partial charge in [0, 0.05) is 17.5 Å². The van der Waals surface area contributed by atoms with Crippen LogP contribution in [-0.4, -0.2) is 17.1 Å². The van der Waals surface area contributed by atoms with E-state index in [2.05, 4.69) is 5.32 Å². The number of esters is 1. The average Bonchev–Trinajstić information content (AvgIpc) is 3.13. The molecular formula is C24H22N2O3S. The van der Waals surface area contributed by atoms with Crippen LogP contribution in [0.3, 0.4) is 0 Å². The quantitative estimate of drug-likeness (QED) is 0.426. The lowest BCUT2D eigenvalue weighted by Crippen LogP contribution is -2.16. The second-order valence-electron chi connectivity index (χ2n) is 6.86. The van der Waals surface area contributed by atoms with Crippen LogP contribution < -0.4 is 10.9 Å². The number of benzene rings is 2. The number of rotatable bonds is 6. The number of ether oxygens (including phenoxy) is 1. The molecule has 0 aliphatic heterocycles. The summed E-state index contributed by atoms with van der Waals surface area (Å²) in [5.41, 5.74) is 2.40. The smallest absolute Gasteiger partial charge is 0.350 e. The Hall–Kier alpha value is -3.38. The molecule has 0 aliphatic rings. The molecule has 2 aromatic heterocycles. The molecule has 6 heteroatoms. The van der Waals surface area contributed by atoms with E-state index in [0.29, 0.717) is 15.4 Å². The van der Waals surface area contributed by atoms with Crippen molar-refractivity contribution in [2.75, 3.05) is 11.9 Å². The molecule has 0 radical (unpaired) electrons. The predicted molar refractivity (Wildman–Crippen MR) is 122 cm³/mol. The van der Waals surface area contributed by atoms with Crippen LogP contribution in [-0.2, 0) is 4.74 Å². The number of carbonyl (C=O) groups is 1. The summed E-state index contributed by atoms with van der Waals surface area (Å²) >= 11 is 1.27. The van der Waals surface area contributed by atoms with Gasteiger partial charge in [-0.25, -0.2) is 4.79 Å². The van der Waals surface area contributed by atoms with Gasteiger partial charge >= 0.3 is 5.97 Å². The van der Waals surface area contributed by atoms with Crippen LogP contribution in [0.4, 0.5) is 5.69 Å². The first-order valence-corrected chi connectivity index (χ1v) is 10.6. The number of anilines is 1.